The lowest BCUT2D eigenvalue weighted by Gasteiger charge is -2.00. The molecule has 1 heterocycles. The van der Waals surface area contributed by atoms with Crippen molar-refractivity contribution in [3.8, 4) is 0 Å². The number of fused-ring (bicyclic) bond motifs is 1. The second kappa shape index (κ2) is 4.33. The fraction of sp³-hybridized carbons (Fsp3) is 0.333. The van der Waals surface area contributed by atoms with Crippen LogP contribution in [0.5, 0.6) is 0 Å². The molecule has 0 spiro atoms. The maximum atomic E-state index is 3.40. The Morgan fingerprint density at radius 1 is 1.33 bits per heavy atom. The Hall–Kier alpha value is -0.730. The molecule has 0 aromatic heterocycles. The molecule has 1 atom stereocenters. The van der Waals surface area contributed by atoms with E-state index in [9.17, 15) is 0 Å². The Kier molecular flexibility index (Phi) is 4.07. The molecular formula is C9H15ClN2. The van der Waals surface area contributed by atoms with Crippen molar-refractivity contribution < 1.29 is 0 Å². The van der Waals surface area contributed by atoms with Crippen molar-refractivity contribution in [3.63, 3.8) is 0 Å². The molecule has 12 heavy (non-hydrogen) atoms. The zero-order valence-electron chi connectivity index (χ0n) is 7.21. The van der Waals surface area contributed by atoms with Gasteiger partial charge >= 0.3 is 0 Å². The molecule has 1 aliphatic rings. The SMILES string of the molecule is CC1Cc2ccccc2N1.Cl.N. The Balaban J connectivity index is 0.000000605. The molecule has 0 aliphatic carbocycles. The lowest BCUT2D eigenvalue weighted by molar-refractivity contribution is 0.839. The van der Waals surface area contributed by atoms with Crippen molar-refractivity contribution in [1.29, 1.82) is 0 Å². The van der Waals surface area contributed by atoms with E-state index in [1.54, 1.807) is 0 Å². The Labute approximate surface area is 79.4 Å². The highest BCUT2D eigenvalue weighted by atomic mass is 35.5. The number of nitrogens with one attached hydrogen (secondary N) is 1. The number of hydrogen-bond acceptors (Lipinski definition) is 2. The van der Waals surface area contributed by atoms with E-state index >= 15 is 0 Å². The van der Waals surface area contributed by atoms with Crippen LogP contribution in [0.3, 0.4) is 0 Å². The van der Waals surface area contributed by atoms with Crippen molar-refractivity contribution in [2.75, 3.05) is 5.32 Å². The molecule has 0 saturated heterocycles. The van der Waals surface area contributed by atoms with Crippen molar-refractivity contribution in [2.45, 2.75) is 19.4 Å². The highest BCUT2D eigenvalue weighted by molar-refractivity contribution is 5.85. The summed E-state index contributed by atoms with van der Waals surface area (Å²) in [5, 5.41) is 3.40. The number of hydrogen-bond donors (Lipinski definition) is 2. The van der Waals surface area contributed by atoms with E-state index < -0.39 is 0 Å². The van der Waals surface area contributed by atoms with E-state index in [-0.39, 0.29) is 18.6 Å². The number of rotatable bonds is 0. The van der Waals surface area contributed by atoms with Gasteiger partial charge < -0.3 is 11.5 Å². The zero-order chi connectivity index (χ0) is 6.97. The van der Waals surface area contributed by atoms with E-state index in [1.165, 1.54) is 17.7 Å². The number of para-hydroxylation sites is 1. The molecule has 2 rings (SSSR count). The standard InChI is InChI=1S/C9H11N.ClH.H3N/c1-7-6-8-4-2-3-5-9(8)10-7;;/h2-5,7,10H,6H2,1H3;1H;1H3. The molecule has 0 radical (unpaired) electrons. The summed E-state index contributed by atoms with van der Waals surface area (Å²) in [6.07, 6.45) is 1.18. The molecule has 1 unspecified atom stereocenters. The predicted octanol–water partition coefficient (Wildman–Crippen LogP) is 2.63. The van der Waals surface area contributed by atoms with Gasteiger partial charge in [-0.05, 0) is 25.0 Å². The van der Waals surface area contributed by atoms with Crippen LogP contribution in [-0.2, 0) is 6.42 Å². The van der Waals surface area contributed by atoms with Crippen LogP contribution >= 0.6 is 12.4 Å². The van der Waals surface area contributed by atoms with Gasteiger partial charge in [0.05, 0.1) is 0 Å². The first-order chi connectivity index (χ1) is 4.86. The number of anilines is 1. The van der Waals surface area contributed by atoms with Gasteiger partial charge in [0.15, 0.2) is 0 Å². The van der Waals surface area contributed by atoms with Crippen LogP contribution in [0, 0.1) is 0 Å². The van der Waals surface area contributed by atoms with Gasteiger partial charge in [-0.1, -0.05) is 18.2 Å². The van der Waals surface area contributed by atoms with Crippen molar-refractivity contribution in [3.05, 3.63) is 29.8 Å². The molecule has 1 aromatic rings. The first-order valence-electron chi connectivity index (χ1n) is 3.71. The van der Waals surface area contributed by atoms with Gasteiger partial charge in [0.2, 0.25) is 0 Å². The lowest BCUT2D eigenvalue weighted by Crippen LogP contribution is -2.08. The molecule has 0 fully saturated rings. The fourth-order valence-electron chi connectivity index (χ4n) is 1.49. The third kappa shape index (κ3) is 1.90. The van der Waals surface area contributed by atoms with E-state index in [0.29, 0.717) is 6.04 Å². The molecule has 4 N–H and O–H groups in total. The van der Waals surface area contributed by atoms with E-state index in [1.807, 2.05) is 0 Å². The van der Waals surface area contributed by atoms with Crippen molar-refractivity contribution >= 4 is 18.1 Å². The highest BCUT2D eigenvalue weighted by Crippen LogP contribution is 2.24. The average molecular weight is 187 g/mol. The van der Waals surface area contributed by atoms with Crippen LogP contribution < -0.4 is 11.5 Å². The summed E-state index contributed by atoms with van der Waals surface area (Å²) in [5.74, 6) is 0. The zero-order valence-corrected chi connectivity index (χ0v) is 8.03. The predicted molar refractivity (Wildman–Crippen MR) is 55.5 cm³/mol. The van der Waals surface area contributed by atoms with E-state index in [2.05, 4.69) is 36.5 Å². The Morgan fingerprint density at radius 3 is 2.67 bits per heavy atom. The summed E-state index contributed by atoms with van der Waals surface area (Å²) in [7, 11) is 0. The van der Waals surface area contributed by atoms with Crippen LogP contribution in [0.2, 0.25) is 0 Å². The van der Waals surface area contributed by atoms with Gasteiger partial charge in [-0.25, -0.2) is 0 Å². The summed E-state index contributed by atoms with van der Waals surface area (Å²) in [4.78, 5) is 0. The summed E-state index contributed by atoms with van der Waals surface area (Å²) >= 11 is 0. The first-order valence-corrected chi connectivity index (χ1v) is 3.71. The van der Waals surface area contributed by atoms with Gasteiger partial charge in [0.25, 0.3) is 0 Å². The summed E-state index contributed by atoms with van der Waals surface area (Å²) < 4.78 is 0. The topological polar surface area (TPSA) is 47.0 Å². The van der Waals surface area contributed by atoms with Gasteiger partial charge in [-0.2, -0.15) is 0 Å². The lowest BCUT2D eigenvalue weighted by atomic mass is 10.1. The van der Waals surface area contributed by atoms with Crippen molar-refractivity contribution in [2.24, 2.45) is 0 Å². The Morgan fingerprint density at radius 2 is 2.00 bits per heavy atom. The fourth-order valence-corrected chi connectivity index (χ4v) is 1.49. The summed E-state index contributed by atoms with van der Waals surface area (Å²) in [6, 6.07) is 9.12. The van der Waals surface area contributed by atoms with Crippen LogP contribution in [-0.4, -0.2) is 6.04 Å². The largest absolute Gasteiger partial charge is 0.382 e. The minimum Gasteiger partial charge on any atom is -0.382 e. The summed E-state index contributed by atoms with van der Waals surface area (Å²) in [6.45, 7) is 2.21. The second-order valence-electron chi connectivity index (χ2n) is 2.91. The summed E-state index contributed by atoms with van der Waals surface area (Å²) in [5.41, 5.74) is 2.77. The quantitative estimate of drug-likeness (QED) is 0.655. The van der Waals surface area contributed by atoms with Crippen LogP contribution in [0.4, 0.5) is 5.69 Å². The third-order valence-electron chi connectivity index (χ3n) is 1.95. The minimum absolute atomic E-state index is 0. The molecule has 68 valence electrons. The van der Waals surface area contributed by atoms with Gasteiger partial charge in [-0.3, -0.25) is 0 Å². The maximum Gasteiger partial charge on any atom is 0.0375 e. The molecule has 1 aliphatic heterocycles. The van der Waals surface area contributed by atoms with E-state index in [4.69, 9.17) is 0 Å². The van der Waals surface area contributed by atoms with Gasteiger partial charge in [0, 0.05) is 11.7 Å². The number of benzene rings is 1. The second-order valence-corrected chi connectivity index (χ2v) is 2.91. The van der Waals surface area contributed by atoms with E-state index in [0.717, 1.165) is 0 Å². The number of halogens is 1. The molecule has 0 amide bonds. The molecule has 0 saturated carbocycles. The molecule has 3 heteroatoms. The van der Waals surface area contributed by atoms with Crippen LogP contribution in [0.15, 0.2) is 24.3 Å². The average Bonchev–Trinajstić information content (AvgIpc) is 2.27. The third-order valence-corrected chi connectivity index (χ3v) is 1.95. The van der Waals surface area contributed by atoms with Gasteiger partial charge in [-0.15, -0.1) is 12.4 Å². The molecule has 2 nitrogen and oxygen atoms in total. The first kappa shape index (κ1) is 11.3. The van der Waals surface area contributed by atoms with Gasteiger partial charge in [0.1, 0.15) is 0 Å². The molecular weight excluding hydrogens is 172 g/mol. The smallest absolute Gasteiger partial charge is 0.0375 e. The molecule has 1 aromatic carbocycles. The normalized spacial score (nSPS) is 18.2. The minimum atomic E-state index is 0. The monoisotopic (exact) mass is 186 g/mol. The maximum absolute atomic E-state index is 3.40. The van der Waals surface area contributed by atoms with Crippen molar-refractivity contribution in [1.82, 2.24) is 6.15 Å². The van der Waals surface area contributed by atoms with Crippen LogP contribution in [0.25, 0.3) is 0 Å². The Bertz CT molecular complexity index is 225. The highest BCUT2D eigenvalue weighted by Gasteiger charge is 2.14. The van der Waals surface area contributed by atoms with Crippen LogP contribution in [0.1, 0.15) is 12.5 Å². The molecule has 0 bridgehead atoms.